The molecule has 1 fully saturated rings. The van der Waals surface area contributed by atoms with Gasteiger partial charge in [0.1, 0.15) is 24.4 Å². The molecule has 1 amide bonds. The molecule has 1 saturated heterocycles. The number of hydrogen-bond donors (Lipinski definition) is 0. The molecule has 33 heavy (non-hydrogen) atoms. The highest BCUT2D eigenvalue weighted by atomic mass is 32.2. The number of aromatic nitrogens is 2. The summed E-state index contributed by atoms with van der Waals surface area (Å²) in [6.07, 6.45) is 1.24. The first-order chi connectivity index (χ1) is 15.2. The van der Waals surface area contributed by atoms with Crippen LogP contribution in [0.2, 0.25) is 13.1 Å². The Morgan fingerprint density at radius 3 is 2.58 bits per heavy atom. The van der Waals surface area contributed by atoms with Crippen molar-refractivity contribution < 1.29 is 30.9 Å². The zero-order chi connectivity index (χ0) is 24.6. The molecule has 2 heterocycles. The fourth-order valence-electron chi connectivity index (χ4n) is 3.18. The van der Waals surface area contributed by atoms with Crippen LogP contribution in [0.15, 0.2) is 24.4 Å². The molecule has 0 aliphatic carbocycles. The van der Waals surface area contributed by atoms with Crippen molar-refractivity contribution in [2.24, 2.45) is 0 Å². The second-order valence-electron chi connectivity index (χ2n) is 9.10. The fraction of sp³-hybridized carbons (Fsp3) is 0.524. The van der Waals surface area contributed by atoms with E-state index in [1.165, 1.54) is 11.0 Å². The van der Waals surface area contributed by atoms with Crippen molar-refractivity contribution >= 4 is 30.9 Å². The number of nitrogens with zero attached hydrogens (tertiary/aromatic N) is 3. The molecule has 1 radical (unpaired) electrons. The Hall–Kier alpha value is -2.28. The average molecular weight is 499 g/mol. The molecule has 0 bridgehead atoms. The second-order valence-corrected chi connectivity index (χ2v) is 12.8. The molecule has 1 aliphatic rings. The number of rotatable bonds is 8. The third kappa shape index (κ3) is 6.40. The van der Waals surface area contributed by atoms with Crippen LogP contribution in [0.5, 0.6) is 0 Å². The zero-order valence-corrected chi connectivity index (χ0v) is 21.4. The lowest BCUT2D eigenvalue weighted by Gasteiger charge is -2.16. The van der Waals surface area contributed by atoms with Gasteiger partial charge in [-0.1, -0.05) is 20.8 Å². The van der Waals surface area contributed by atoms with Crippen molar-refractivity contribution in [3.63, 3.8) is 0 Å². The van der Waals surface area contributed by atoms with Crippen molar-refractivity contribution in [1.82, 2.24) is 9.55 Å². The van der Waals surface area contributed by atoms with E-state index in [0.717, 1.165) is 11.9 Å². The van der Waals surface area contributed by atoms with Crippen molar-refractivity contribution in [2.75, 3.05) is 24.3 Å². The van der Waals surface area contributed by atoms with E-state index in [0.29, 0.717) is 11.5 Å². The predicted octanol–water partition coefficient (Wildman–Crippen LogP) is 3.38. The highest BCUT2D eigenvalue weighted by molar-refractivity contribution is 7.85. The smallest absolute Gasteiger partial charge is 0.414 e. The second kappa shape index (κ2) is 9.53. The Morgan fingerprint density at radius 1 is 1.30 bits per heavy atom. The van der Waals surface area contributed by atoms with Crippen molar-refractivity contribution in [3.8, 4) is 5.69 Å². The third-order valence-corrected chi connectivity index (χ3v) is 6.17. The monoisotopic (exact) mass is 498 g/mol. The number of amides is 1. The molecule has 0 unspecified atom stereocenters. The summed E-state index contributed by atoms with van der Waals surface area (Å²) in [6, 6.07) is 4.42. The molecule has 0 saturated carbocycles. The molecule has 1 aromatic carbocycles. The van der Waals surface area contributed by atoms with Crippen molar-refractivity contribution in [2.45, 2.75) is 52.0 Å². The van der Waals surface area contributed by atoms with Gasteiger partial charge in [0, 0.05) is 11.6 Å². The van der Waals surface area contributed by atoms with E-state index < -0.39 is 37.2 Å². The summed E-state index contributed by atoms with van der Waals surface area (Å²) in [7, 11) is -4.63. The van der Waals surface area contributed by atoms with Crippen molar-refractivity contribution in [1.29, 1.82) is 0 Å². The third-order valence-electron chi connectivity index (χ3n) is 4.88. The maximum absolute atomic E-state index is 15.2. The minimum absolute atomic E-state index is 0.0449. The quantitative estimate of drug-likeness (QED) is 0.406. The predicted molar refractivity (Wildman–Crippen MR) is 123 cm³/mol. The number of halogens is 1. The van der Waals surface area contributed by atoms with Gasteiger partial charge in [0.25, 0.3) is 10.1 Å². The normalized spacial score (nSPS) is 17.2. The number of ether oxygens (including phenoxy) is 1. The first-order valence-electron chi connectivity index (χ1n) is 10.4. The number of hydrogen-bond acceptors (Lipinski definition) is 7. The fourth-order valence-corrected chi connectivity index (χ4v) is 3.99. The highest BCUT2D eigenvalue weighted by Gasteiger charge is 2.34. The Kier molecular flexibility index (Phi) is 7.32. The van der Waals surface area contributed by atoms with E-state index in [1.54, 1.807) is 22.9 Å². The van der Waals surface area contributed by atoms with Crippen LogP contribution in [0.1, 0.15) is 32.3 Å². The summed E-state index contributed by atoms with van der Waals surface area (Å²) < 4.78 is 54.9. The molecule has 9 nitrogen and oxygen atoms in total. The van der Waals surface area contributed by atoms with E-state index in [4.69, 9.17) is 13.3 Å². The van der Waals surface area contributed by atoms with Gasteiger partial charge < -0.3 is 9.16 Å². The number of benzene rings is 1. The van der Waals surface area contributed by atoms with E-state index in [2.05, 4.69) is 4.98 Å². The summed E-state index contributed by atoms with van der Waals surface area (Å²) in [4.78, 5) is 18.2. The largest absolute Gasteiger partial charge is 0.441 e. The number of carbonyl (C=O) groups excluding carboxylic acids is 1. The Balaban J connectivity index is 1.86. The van der Waals surface area contributed by atoms with Gasteiger partial charge in [-0.15, -0.1) is 0 Å². The molecule has 0 spiro atoms. The van der Waals surface area contributed by atoms with Gasteiger partial charge in [0.15, 0.2) is 0 Å². The van der Waals surface area contributed by atoms with Gasteiger partial charge in [-0.25, -0.2) is 14.2 Å². The lowest BCUT2D eigenvalue weighted by atomic mass is 9.93. The molecule has 3 rings (SSSR count). The van der Waals surface area contributed by atoms with Crippen LogP contribution < -0.4 is 4.90 Å². The molecule has 12 heteroatoms. The Bertz CT molecular complexity index is 1130. The summed E-state index contributed by atoms with van der Waals surface area (Å²) in [6.45, 7) is 10.1. The van der Waals surface area contributed by atoms with Crippen LogP contribution in [-0.4, -0.2) is 58.6 Å². The number of carbonyl (C=O) groups is 1. The molecule has 181 valence electrons. The number of cyclic esters (lactones) is 1. The molecule has 0 N–H and O–H groups in total. The van der Waals surface area contributed by atoms with Gasteiger partial charge in [-0.2, -0.15) is 8.42 Å². The molecule has 1 aromatic heterocycles. The van der Waals surface area contributed by atoms with Crippen molar-refractivity contribution in [3.05, 3.63) is 41.7 Å². The summed E-state index contributed by atoms with van der Waals surface area (Å²) >= 11 is 0. The van der Waals surface area contributed by atoms with Gasteiger partial charge >= 0.3 is 6.09 Å². The maximum Gasteiger partial charge on any atom is 0.414 e. The lowest BCUT2D eigenvalue weighted by Crippen LogP contribution is -2.26. The van der Waals surface area contributed by atoms with Crippen LogP contribution in [0.3, 0.4) is 0 Å². The van der Waals surface area contributed by atoms with Crippen LogP contribution in [-0.2, 0) is 35.5 Å². The molecule has 2 aromatic rings. The minimum atomic E-state index is -3.66. The lowest BCUT2D eigenvalue weighted by molar-refractivity contribution is 0.107. The van der Waals surface area contributed by atoms with E-state index in [9.17, 15) is 13.2 Å². The first kappa shape index (κ1) is 25.3. The molecular formula is C21H29FN3O6SSi. The summed E-state index contributed by atoms with van der Waals surface area (Å²) in [5, 5.41) is 0. The Morgan fingerprint density at radius 2 is 2.00 bits per heavy atom. The zero-order valence-electron chi connectivity index (χ0n) is 19.6. The summed E-state index contributed by atoms with van der Waals surface area (Å²) in [5.74, 6) is 0.0464. The SMILES string of the molecule is C[Si](C)OCc1nc(C(C)(C)C)cn1-c1ccc(N2C[C@H](COS(C)(=O)=O)OC2=O)cc1F. The van der Waals surface area contributed by atoms with Crippen LogP contribution in [0, 0.1) is 5.82 Å². The van der Waals surface area contributed by atoms with Gasteiger partial charge in [0.2, 0.25) is 9.04 Å². The topological polar surface area (TPSA) is 100.0 Å². The first-order valence-corrected chi connectivity index (χ1v) is 14.6. The van der Waals surface area contributed by atoms with E-state index in [1.807, 2.05) is 33.9 Å². The molecule has 1 atom stereocenters. The standard InChI is InChI=1S/C21H29FN3O6SSi/c1-21(2,3)18-11-25(19(23-18)13-30-33(5)6)17-8-7-14(9-16(17)22)24-10-15(31-20(24)26)12-29-32(4,27)28/h7-9,11,15H,10,12-13H2,1-6H3/t15-/m1/s1. The van der Waals surface area contributed by atoms with Crippen LogP contribution in [0.4, 0.5) is 14.9 Å². The van der Waals surface area contributed by atoms with Gasteiger partial charge in [0.05, 0.1) is 36.5 Å². The van der Waals surface area contributed by atoms with E-state index >= 15 is 4.39 Å². The summed E-state index contributed by atoms with van der Waals surface area (Å²) in [5.41, 5.74) is 1.16. The average Bonchev–Trinajstić information content (AvgIpc) is 3.27. The number of anilines is 1. The van der Waals surface area contributed by atoms with Gasteiger partial charge in [-0.05, 0) is 31.3 Å². The van der Waals surface area contributed by atoms with Crippen LogP contribution >= 0.6 is 0 Å². The van der Waals surface area contributed by atoms with Gasteiger partial charge in [-0.3, -0.25) is 13.7 Å². The number of imidazole rings is 1. The van der Waals surface area contributed by atoms with E-state index in [-0.39, 0.29) is 30.9 Å². The highest BCUT2D eigenvalue weighted by Crippen LogP contribution is 2.29. The van der Waals surface area contributed by atoms with Crippen LogP contribution in [0.25, 0.3) is 5.69 Å². The minimum Gasteiger partial charge on any atom is -0.441 e. The molecular weight excluding hydrogens is 469 g/mol. The maximum atomic E-state index is 15.2. The Labute approximate surface area is 195 Å². The molecule has 1 aliphatic heterocycles.